The van der Waals surface area contributed by atoms with Crippen molar-refractivity contribution >= 4 is 55.1 Å². The zero-order chi connectivity index (χ0) is 14.6. The lowest BCUT2D eigenvalue weighted by atomic mass is 10.0. The van der Waals surface area contributed by atoms with E-state index in [9.17, 15) is 0 Å². The number of halogens is 4. The molecule has 0 unspecified atom stereocenters. The van der Waals surface area contributed by atoms with Gasteiger partial charge in [0.25, 0.3) is 0 Å². The van der Waals surface area contributed by atoms with Gasteiger partial charge in [-0.05, 0) is 43.9 Å². The average Bonchev–Trinajstić information content (AvgIpc) is 2.27. The van der Waals surface area contributed by atoms with E-state index in [0.717, 1.165) is 8.96 Å². The lowest BCUT2D eigenvalue weighted by Crippen LogP contribution is -2.02. The Hall–Kier alpha value is 0.1000. The highest BCUT2D eigenvalue weighted by atomic mass is 79.9. The Balaban J connectivity index is 3.19. The van der Waals surface area contributed by atoms with Crippen molar-refractivity contribution in [2.45, 2.75) is 19.8 Å². The van der Waals surface area contributed by atoms with Gasteiger partial charge < -0.3 is 9.47 Å². The summed E-state index contributed by atoms with van der Waals surface area (Å²) in [5.74, 6) is 1.35. The fraction of sp³-hybridized carbons (Fsp3) is 0.385. The lowest BCUT2D eigenvalue weighted by molar-refractivity contribution is 0.355. The average molecular weight is 433 g/mol. The van der Waals surface area contributed by atoms with Crippen LogP contribution in [0.4, 0.5) is 0 Å². The highest BCUT2D eigenvalue weighted by Gasteiger charge is 2.19. The van der Waals surface area contributed by atoms with E-state index in [1.807, 2.05) is 19.9 Å². The molecule has 106 valence electrons. The smallest absolute Gasteiger partial charge is 0.156 e. The monoisotopic (exact) mass is 430 g/mol. The molecule has 0 heterocycles. The number of rotatable bonds is 5. The van der Waals surface area contributed by atoms with Gasteiger partial charge in [-0.3, -0.25) is 0 Å². The Labute approximate surface area is 140 Å². The summed E-state index contributed by atoms with van der Waals surface area (Å²) in [7, 11) is 1.54. The Morgan fingerprint density at radius 3 is 2.47 bits per heavy atom. The maximum Gasteiger partial charge on any atom is 0.156 e. The molecule has 1 aromatic carbocycles. The SMILES string of the molecule is COc1c(Cl)cc(OCC=C(Br)Br)c(C(C)C)c1Cl. The maximum atomic E-state index is 6.33. The van der Waals surface area contributed by atoms with Gasteiger partial charge in [0.2, 0.25) is 0 Å². The van der Waals surface area contributed by atoms with Gasteiger partial charge >= 0.3 is 0 Å². The minimum atomic E-state index is 0.199. The van der Waals surface area contributed by atoms with Crippen LogP contribution in [0.15, 0.2) is 15.5 Å². The number of ether oxygens (including phenoxy) is 2. The summed E-state index contributed by atoms with van der Waals surface area (Å²) < 4.78 is 11.8. The molecule has 0 bridgehead atoms. The molecule has 1 aromatic rings. The number of methoxy groups -OCH3 is 1. The topological polar surface area (TPSA) is 18.5 Å². The highest BCUT2D eigenvalue weighted by Crippen LogP contribution is 2.44. The molecule has 0 aliphatic rings. The second-order valence-electron chi connectivity index (χ2n) is 4.08. The van der Waals surface area contributed by atoms with Gasteiger partial charge in [-0.1, -0.05) is 37.0 Å². The van der Waals surface area contributed by atoms with E-state index in [4.69, 9.17) is 32.7 Å². The molecule has 0 aromatic heterocycles. The van der Waals surface area contributed by atoms with Crippen molar-refractivity contribution in [1.82, 2.24) is 0 Å². The van der Waals surface area contributed by atoms with Crippen molar-refractivity contribution in [3.05, 3.63) is 31.1 Å². The molecule has 0 spiro atoms. The van der Waals surface area contributed by atoms with Gasteiger partial charge in [0.1, 0.15) is 12.4 Å². The van der Waals surface area contributed by atoms with Gasteiger partial charge in [0, 0.05) is 11.6 Å². The molecule has 2 nitrogen and oxygen atoms in total. The van der Waals surface area contributed by atoms with E-state index in [0.29, 0.717) is 28.2 Å². The standard InChI is InChI=1S/C13H14Br2Cl2O2/c1-7(2)11-9(19-5-4-10(14)15)6-8(16)13(18-3)12(11)17/h4,6-7H,5H2,1-3H3. The summed E-state index contributed by atoms with van der Waals surface area (Å²) in [4.78, 5) is 0. The van der Waals surface area contributed by atoms with E-state index in [1.54, 1.807) is 13.2 Å². The van der Waals surface area contributed by atoms with Gasteiger partial charge in [-0.15, -0.1) is 0 Å². The lowest BCUT2D eigenvalue weighted by Gasteiger charge is -2.18. The molecular formula is C13H14Br2Cl2O2. The number of hydrogen-bond acceptors (Lipinski definition) is 2. The second kappa shape index (κ2) is 7.77. The van der Waals surface area contributed by atoms with Crippen LogP contribution in [0.2, 0.25) is 10.0 Å². The van der Waals surface area contributed by atoms with Gasteiger partial charge in [0.05, 0.1) is 20.5 Å². The number of hydrogen-bond donors (Lipinski definition) is 0. The molecule has 0 saturated carbocycles. The molecule has 0 saturated heterocycles. The third-order valence-corrected chi connectivity index (χ3v) is 3.74. The molecule has 0 fully saturated rings. The molecule has 0 aliphatic heterocycles. The molecular weight excluding hydrogens is 419 g/mol. The zero-order valence-electron chi connectivity index (χ0n) is 10.8. The van der Waals surface area contributed by atoms with Crippen LogP contribution in [0.25, 0.3) is 0 Å². The van der Waals surface area contributed by atoms with Crippen LogP contribution in [0.1, 0.15) is 25.3 Å². The normalized spacial score (nSPS) is 10.5. The van der Waals surface area contributed by atoms with Crippen LogP contribution in [0.5, 0.6) is 11.5 Å². The molecule has 6 heteroatoms. The second-order valence-corrected chi connectivity index (χ2v) is 7.63. The Kier molecular flexibility index (Phi) is 7.01. The van der Waals surface area contributed by atoms with Crippen molar-refractivity contribution in [2.75, 3.05) is 13.7 Å². The van der Waals surface area contributed by atoms with Crippen LogP contribution >= 0.6 is 55.1 Å². The van der Waals surface area contributed by atoms with E-state index < -0.39 is 0 Å². The quantitative estimate of drug-likeness (QED) is 0.556. The summed E-state index contributed by atoms with van der Waals surface area (Å²) >= 11 is 19.0. The van der Waals surface area contributed by atoms with Crippen molar-refractivity contribution in [2.24, 2.45) is 0 Å². The largest absolute Gasteiger partial charge is 0.494 e. The maximum absolute atomic E-state index is 6.33. The van der Waals surface area contributed by atoms with Gasteiger partial charge in [-0.25, -0.2) is 0 Å². The summed E-state index contributed by atoms with van der Waals surface area (Å²) in [6.45, 7) is 4.49. The predicted octanol–water partition coefficient (Wildman–Crippen LogP) is 6.14. The van der Waals surface area contributed by atoms with E-state index in [1.165, 1.54) is 0 Å². The van der Waals surface area contributed by atoms with Crippen LogP contribution < -0.4 is 9.47 Å². The third kappa shape index (κ3) is 4.55. The van der Waals surface area contributed by atoms with Crippen molar-refractivity contribution < 1.29 is 9.47 Å². The van der Waals surface area contributed by atoms with E-state index >= 15 is 0 Å². The molecule has 0 amide bonds. The van der Waals surface area contributed by atoms with Crippen molar-refractivity contribution in [3.8, 4) is 11.5 Å². The van der Waals surface area contributed by atoms with Gasteiger partial charge in [-0.2, -0.15) is 0 Å². The summed E-state index contributed by atoms with van der Waals surface area (Å²) in [5, 5.41) is 0.940. The Morgan fingerprint density at radius 1 is 1.37 bits per heavy atom. The highest BCUT2D eigenvalue weighted by molar-refractivity contribution is 9.28. The Morgan fingerprint density at radius 2 is 2.00 bits per heavy atom. The Bertz CT molecular complexity index is 484. The molecule has 1 rings (SSSR count). The molecule has 0 aliphatic carbocycles. The molecule has 0 radical (unpaired) electrons. The molecule has 0 atom stereocenters. The molecule has 0 N–H and O–H groups in total. The van der Waals surface area contributed by atoms with E-state index in [-0.39, 0.29) is 5.92 Å². The first-order valence-corrected chi connectivity index (χ1v) is 7.92. The van der Waals surface area contributed by atoms with Crippen LogP contribution in [0.3, 0.4) is 0 Å². The van der Waals surface area contributed by atoms with Crippen LogP contribution in [-0.2, 0) is 0 Å². The summed E-state index contributed by atoms with van der Waals surface area (Å²) in [6, 6.07) is 1.73. The van der Waals surface area contributed by atoms with Crippen molar-refractivity contribution in [1.29, 1.82) is 0 Å². The van der Waals surface area contributed by atoms with Crippen LogP contribution in [0, 0.1) is 0 Å². The minimum Gasteiger partial charge on any atom is -0.494 e. The molecule has 19 heavy (non-hydrogen) atoms. The third-order valence-electron chi connectivity index (χ3n) is 2.43. The van der Waals surface area contributed by atoms with Crippen LogP contribution in [-0.4, -0.2) is 13.7 Å². The first-order chi connectivity index (χ1) is 8.88. The minimum absolute atomic E-state index is 0.199. The zero-order valence-corrected chi connectivity index (χ0v) is 15.5. The predicted molar refractivity (Wildman–Crippen MR) is 88.5 cm³/mol. The van der Waals surface area contributed by atoms with Crippen molar-refractivity contribution in [3.63, 3.8) is 0 Å². The van der Waals surface area contributed by atoms with E-state index in [2.05, 4.69) is 31.9 Å². The first-order valence-electron chi connectivity index (χ1n) is 5.58. The van der Waals surface area contributed by atoms with Gasteiger partial charge in [0.15, 0.2) is 5.75 Å². The first kappa shape index (κ1) is 17.2. The fourth-order valence-electron chi connectivity index (χ4n) is 1.63. The number of benzene rings is 1. The summed E-state index contributed by atoms with van der Waals surface area (Å²) in [6.07, 6.45) is 1.84. The fourth-order valence-corrected chi connectivity index (χ4v) is 2.71. The summed E-state index contributed by atoms with van der Waals surface area (Å²) in [5.41, 5.74) is 0.891.